The maximum absolute atomic E-state index is 14.3. The number of amides is 3. The van der Waals surface area contributed by atoms with Gasteiger partial charge in [-0.1, -0.05) is 19.3 Å². The molecular formula is C32H47F2N5O7. The van der Waals surface area contributed by atoms with Gasteiger partial charge in [-0.2, -0.15) is 0 Å². The van der Waals surface area contributed by atoms with Crippen LogP contribution in [0.15, 0.2) is 12.1 Å². The Hall–Kier alpha value is -3.33. The van der Waals surface area contributed by atoms with Crippen LogP contribution in [0.5, 0.6) is 5.75 Å². The van der Waals surface area contributed by atoms with E-state index in [1.807, 2.05) is 0 Å². The fourth-order valence-corrected chi connectivity index (χ4v) is 6.11. The average molecular weight is 652 g/mol. The number of nitrogens with one attached hydrogen (secondary N) is 2. The molecule has 0 bridgehead atoms. The highest BCUT2D eigenvalue weighted by molar-refractivity contribution is 6.04. The topological polar surface area (TPSA) is 135 Å². The quantitative estimate of drug-likeness (QED) is 0.249. The largest absolute Gasteiger partial charge is 0.488 e. The van der Waals surface area contributed by atoms with Crippen LogP contribution in [0.4, 0.5) is 8.78 Å². The Bertz CT molecular complexity index is 1340. The van der Waals surface area contributed by atoms with Gasteiger partial charge >= 0.3 is 0 Å². The molecule has 2 fully saturated rings. The third-order valence-corrected chi connectivity index (χ3v) is 8.87. The van der Waals surface area contributed by atoms with Crippen molar-refractivity contribution in [3.63, 3.8) is 0 Å². The van der Waals surface area contributed by atoms with Crippen molar-refractivity contribution in [3.8, 4) is 5.75 Å². The molecular weight excluding hydrogens is 604 g/mol. The molecule has 1 saturated heterocycles. The van der Waals surface area contributed by atoms with Crippen molar-refractivity contribution in [2.75, 3.05) is 72.9 Å². The first-order chi connectivity index (χ1) is 22.2. The van der Waals surface area contributed by atoms with Gasteiger partial charge in [-0.25, -0.2) is 8.78 Å². The minimum Gasteiger partial charge on any atom is -0.488 e. The van der Waals surface area contributed by atoms with E-state index in [9.17, 15) is 23.2 Å². The van der Waals surface area contributed by atoms with Crippen LogP contribution in [0, 0.1) is 17.6 Å². The molecule has 2 unspecified atom stereocenters. The van der Waals surface area contributed by atoms with Gasteiger partial charge in [-0.15, -0.1) is 0 Å². The molecule has 256 valence electrons. The number of aromatic nitrogens is 1. The predicted octanol–water partition coefficient (Wildman–Crippen LogP) is 1.82. The van der Waals surface area contributed by atoms with Gasteiger partial charge in [0.15, 0.2) is 23.1 Å². The van der Waals surface area contributed by atoms with Gasteiger partial charge in [0.25, 0.3) is 5.91 Å². The molecule has 3 amide bonds. The van der Waals surface area contributed by atoms with E-state index in [1.165, 1.54) is 4.57 Å². The average Bonchev–Trinajstić information content (AvgIpc) is 3.33. The van der Waals surface area contributed by atoms with Gasteiger partial charge in [-0.05, 0) is 38.8 Å². The van der Waals surface area contributed by atoms with Crippen LogP contribution in [0.25, 0.3) is 10.9 Å². The predicted molar refractivity (Wildman–Crippen MR) is 167 cm³/mol. The first-order valence-electron chi connectivity index (χ1n) is 16.1. The summed E-state index contributed by atoms with van der Waals surface area (Å²) in [6.07, 6.45) is 4.89. The molecule has 2 aromatic rings. The summed E-state index contributed by atoms with van der Waals surface area (Å²) in [6.45, 7) is 3.67. The van der Waals surface area contributed by atoms with E-state index in [2.05, 4.69) is 10.6 Å². The Kier molecular flexibility index (Phi) is 13.1. The molecule has 12 nitrogen and oxygen atoms in total. The van der Waals surface area contributed by atoms with E-state index >= 15 is 0 Å². The second-order valence-corrected chi connectivity index (χ2v) is 11.8. The minimum atomic E-state index is -1.06. The maximum atomic E-state index is 14.3. The molecule has 14 heteroatoms. The summed E-state index contributed by atoms with van der Waals surface area (Å²) in [7, 11) is 3.29. The second kappa shape index (κ2) is 17.0. The van der Waals surface area contributed by atoms with Crippen LogP contribution in [-0.4, -0.2) is 122 Å². The molecule has 1 saturated carbocycles. The number of hydrogen-bond acceptors (Lipinski definition) is 8. The van der Waals surface area contributed by atoms with Crippen molar-refractivity contribution in [1.29, 1.82) is 0 Å². The monoisotopic (exact) mass is 651 g/mol. The Labute approximate surface area is 268 Å². The number of benzene rings is 1. The second-order valence-electron chi connectivity index (χ2n) is 11.8. The van der Waals surface area contributed by atoms with E-state index < -0.39 is 23.7 Å². The molecule has 46 heavy (non-hydrogen) atoms. The van der Waals surface area contributed by atoms with Crippen molar-refractivity contribution >= 4 is 28.6 Å². The molecule has 1 aliphatic carbocycles. The summed E-state index contributed by atoms with van der Waals surface area (Å²) >= 11 is 0. The number of likely N-dealkylation sites (N-methyl/N-ethyl adjacent to an activating group) is 1. The number of aryl methyl sites for hydroxylation is 1. The number of fused-ring (bicyclic) bond motifs is 1. The summed E-state index contributed by atoms with van der Waals surface area (Å²) < 4.78 is 46.6. The summed E-state index contributed by atoms with van der Waals surface area (Å²) in [5.41, 5.74) is 0.436. The van der Waals surface area contributed by atoms with Crippen LogP contribution in [0.3, 0.4) is 0 Å². The highest BCUT2D eigenvalue weighted by Gasteiger charge is 2.37. The fourth-order valence-electron chi connectivity index (χ4n) is 6.11. The summed E-state index contributed by atoms with van der Waals surface area (Å²) in [4.78, 5) is 43.8. The number of nitrogens with zero attached hydrogens (tertiary/aromatic N) is 3. The minimum absolute atomic E-state index is 0.0428. The van der Waals surface area contributed by atoms with Crippen LogP contribution in [-0.2, 0) is 26.1 Å². The lowest BCUT2D eigenvalue weighted by atomic mass is 9.83. The standard InChI is InChI=1S/C32H47F2N5O7/c1-21(35-2)30(41)36-27(22-7-5-4-6-8-22)31(42)38-9-11-39(12-10-38)32(43)28-29(46-18-17-45-16-15-44-14-13-40)23-19-24(33)25(34)20-26(23)37(28)3/h19-22,27,35,40H,4-18H2,1-3H3,(H,36,41). The van der Waals surface area contributed by atoms with Crippen molar-refractivity contribution in [1.82, 2.24) is 25.0 Å². The molecule has 2 aliphatic rings. The van der Waals surface area contributed by atoms with Crippen LogP contribution < -0.4 is 15.4 Å². The van der Waals surface area contributed by atoms with Gasteiger partial charge in [0, 0.05) is 44.7 Å². The normalized spacial score (nSPS) is 17.3. The Morgan fingerprint density at radius 3 is 2.20 bits per heavy atom. The van der Waals surface area contributed by atoms with Crippen LogP contribution in [0.1, 0.15) is 49.5 Å². The lowest BCUT2D eigenvalue weighted by Gasteiger charge is -2.39. The lowest BCUT2D eigenvalue weighted by Crippen LogP contribution is -2.59. The Balaban J connectivity index is 1.46. The summed E-state index contributed by atoms with van der Waals surface area (Å²) in [6, 6.07) is 0.988. The molecule has 4 rings (SSSR count). The van der Waals surface area contributed by atoms with E-state index in [0.717, 1.165) is 44.2 Å². The molecule has 1 aliphatic heterocycles. The molecule has 0 radical (unpaired) electrons. The Morgan fingerprint density at radius 1 is 0.935 bits per heavy atom. The summed E-state index contributed by atoms with van der Waals surface area (Å²) in [5, 5.41) is 15.0. The first-order valence-corrected chi connectivity index (χ1v) is 16.1. The van der Waals surface area contributed by atoms with Crippen LogP contribution in [0.2, 0.25) is 0 Å². The van der Waals surface area contributed by atoms with E-state index in [0.29, 0.717) is 12.1 Å². The zero-order chi connectivity index (χ0) is 33.2. The number of rotatable bonds is 15. The number of carbonyl (C=O) groups is 3. The number of hydrogen-bond donors (Lipinski definition) is 3. The molecule has 2 heterocycles. The number of aliphatic hydroxyl groups excluding tert-OH is 1. The van der Waals surface area contributed by atoms with Crippen molar-refractivity contribution < 1.29 is 42.5 Å². The van der Waals surface area contributed by atoms with Crippen molar-refractivity contribution in [2.24, 2.45) is 13.0 Å². The van der Waals surface area contributed by atoms with Crippen LogP contribution >= 0.6 is 0 Å². The van der Waals surface area contributed by atoms with E-state index in [-0.39, 0.29) is 99.7 Å². The zero-order valence-electron chi connectivity index (χ0n) is 27.0. The van der Waals surface area contributed by atoms with E-state index in [4.69, 9.17) is 19.3 Å². The number of ether oxygens (including phenoxy) is 3. The first kappa shape index (κ1) is 35.5. The number of carbonyl (C=O) groups excluding carboxylic acids is 3. The molecule has 1 aromatic heterocycles. The highest BCUT2D eigenvalue weighted by Crippen LogP contribution is 2.35. The van der Waals surface area contributed by atoms with E-state index in [1.54, 1.807) is 30.8 Å². The van der Waals surface area contributed by atoms with Gasteiger partial charge in [0.2, 0.25) is 11.8 Å². The maximum Gasteiger partial charge on any atom is 0.274 e. The summed E-state index contributed by atoms with van der Waals surface area (Å²) in [5.74, 6) is -2.68. The molecule has 0 spiro atoms. The molecule has 3 N–H and O–H groups in total. The van der Waals surface area contributed by atoms with Gasteiger partial charge in [0.1, 0.15) is 12.6 Å². The smallest absolute Gasteiger partial charge is 0.274 e. The SMILES string of the molecule is CNC(C)C(=O)NC(C(=O)N1CCN(C(=O)c2c(OCCOCCOCCO)c3cc(F)c(F)cc3n2C)CC1)C1CCCCC1. The number of aliphatic hydroxyl groups is 1. The molecule has 2 atom stereocenters. The third-order valence-electron chi connectivity index (χ3n) is 8.87. The van der Waals surface area contributed by atoms with Crippen molar-refractivity contribution in [3.05, 3.63) is 29.5 Å². The number of piperazine rings is 1. The third kappa shape index (κ3) is 8.52. The number of halogens is 2. The lowest BCUT2D eigenvalue weighted by molar-refractivity contribution is -0.140. The Morgan fingerprint density at radius 2 is 1.54 bits per heavy atom. The van der Waals surface area contributed by atoms with Gasteiger partial charge in [0.05, 0.1) is 44.6 Å². The molecule has 1 aromatic carbocycles. The van der Waals surface area contributed by atoms with Crippen molar-refractivity contribution in [2.45, 2.75) is 51.1 Å². The zero-order valence-corrected chi connectivity index (χ0v) is 27.0. The van der Waals surface area contributed by atoms with Gasteiger partial charge < -0.3 is 44.3 Å². The fraction of sp³-hybridized carbons (Fsp3) is 0.656. The highest BCUT2D eigenvalue weighted by atomic mass is 19.2. The van der Waals surface area contributed by atoms with Gasteiger partial charge in [-0.3, -0.25) is 14.4 Å².